The molecule has 3 nitrogen and oxygen atoms in total. The topological polar surface area (TPSA) is 26.7 Å². The van der Waals surface area contributed by atoms with Crippen molar-refractivity contribution in [2.24, 2.45) is 0 Å². The average molecular weight is 248 g/mol. The summed E-state index contributed by atoms with van der Waals surface area (Å²) in [5.41, 5.74) is 1.03. The highest BCUT2D eigenvalue weighted by Gasteiger charge is 2.21. The molecule has 0 radical (unpaired) electrons. The maximum Gasteiger partial charge on any atom is 0.0802 e. The molecule has 0 aromatic heterocycles. The van der Waals surface area contributed by atoms with Crippen LogP contribution in [0.2, 0.25) is 0 Å². The molecule has 1 aliphatic rings. The van der Waals surface area contributed by atoms with Crippen LogP contribution in [0.25, 0.3) is 0 Å². The molecule has 1 aromatic carbocycles. The number of nitrogens with zero attached hydrogens (tertiary/aromatic N) is 2. The second kappa shape index (κ2) is 6.32. The fourth-order valence-electron chi connectivity index (χ4n) is 2.64. The summed E-state index contributed by atoms with van der Waals surface area (Å²) in [7, 11) is 2.17. The lowest BCUT2D eigenvalue weighted by molar-refractivity contribution is 0.0770. The first-order valence-corrected chi connectivity index (χ1v) is 6.82. The molecule has 1 aliphatic heterocycles. The standard InChI is InChI=1S/C15H24N2O/c1-13-12-16(2)10-11-17(13)9-8-15(18)14-6-4-3-5-7-14/h3-7,13,15,18H,8-12H2,1-2H3. The van der Waals surface area contributed by atoms with E-state index in [0.29, 0.717) is 6.04 Å². The Balaban J connectivity index is 1.81. The van der Waals surface area contributed by atoms with Gasteiger partial charge in [0.25, 0.3) is 0 Å². The van der Waals surface area contributed by atoms with Gasteiger partial charge < -0.3 is 10.0 Å². The van der Waals surface area contributed by atoms with Crippen LogP contribution in [-0.4, -0.2) is 54.2 Å². The molecule has 3 heteroatoms. The summed E-state index contributed by atoms with van der Waals surface area (Å²) in [4.78, 5) is 4.85. The van der Waals surface area contributed by atoms with Gasteiger partial charge in [0.1, 0.15) is 0 Å². The van der Waals surface area contributed by atoms with Crippen molar-refractivity contribution in [2.75, 3.05) is 33.2 Å². The van der Waals surface area contributed by atoms with Gasteiger partial charge in [-0.1, -0.05) is 30.3 Å². The number of benzene rings is 1. The smallest absolute Gasteiger partial charge is 0.0802 e. The number of likely N-dealkylation sites (N-methyl/N-ethyl adjacent to an activating group) is 1. The summed E-state index contributed by atoms with van der Waals surface area (Å²) >= 11 is 0. The van der Waals surface area contributed by atoms with Crippen molar-refractivity contribution in [1.82, 2.24) is 9.80 Å². The molecule has 1 aromatic rings. The Morgan fingerprint density at radius 1 is 1.28 bits per heavy atom. The van der Waals surface area contributed by atoms with Gasteiger partial charge in [-0.3, -0.25) is 4.90 Å². The SMILES string of the molecule is CC1CN(C)CCN1CCC(O)c1ccccc1. The Morgan fingerprint density at radius 3 is 2.67 bits per heavy atom. The molecule has 1 fully saturated rings. The third-order valence-electron chi connectivity index (χ3n) is 3.84. The molecule has 0 saturated carbocycles. The molecule has 100 valence electrons. The van der Waals surface area contributed by atoms with Gasteiger partial charge in [-0.2, -0.15) is 0 Å². The van der Waals surface area contributed by atoms with Crippen LogP contribution in [-0.2, 0) is 0 Å². The van der Waals surface area contributed by atoms with Gasteiger partial charge >= 0.3 is 0 Å². The van der Waals surface area contributed by atoms with Crippen molar-refractivity contribution in [3.8, 4) is 0 Å². The Bertz CT molecular complexity index is 355. The third-order valence-corrected chi connectivity index (χ3v) is 3.84. The lowest BCUT2D eigenvalue weighted by atomic mass is 10.1. The van der Waals surface area contributed by atoms with E-state index >= 15 is 0 Å². The summed E-state index contributed by atoms with van der Waals surface area (Å²) in [6, 6.07) is 10.5. The molecule has 0 spiro atoms. The molecule has 0 amide bonds. The molecular formula is C15H24N2O. The molecule has 2 rings (SSSR count). The number of piperazine rings is 1. The molecule has 2 unspecified atom stereocenters. The molecule has 1 saturated heterocycles. The van der Waals surface area contributed by atoms with E-state index in [4.69, 9.17) is 0 Å². The van der Waals surface area contributed by atoms with Gasteiger partial charge in [-0.25, -0.2) is 0 Å². The molecule has 18 heavy (non-hydrogen) atoms. The summed E-state index contributed by atoms with van der Waals surface area (Å²) in [5.74, 6) is 0. The Kier molecular flexibility index (Phi) is 4.75. The molecule has 1 heterocycles. The van der Waals surface area contributed by atoms with Gasteiger partial charge in [0.05, 0.1) is 6.10 Å². The van der Waals surface area contributed by atoms with Gasteiger partial charge in [-0.05, 0) is 26.0 Å². The fourth-order valence-corrected chi connectivity index (χ4v) is 2.64. The van der Waals surface area contributed by atoms with Crippen molar-refractivity contribution in [3.63, 3.8) is 0 Å². The van der Waals surface area contributed by atoms with E-state index in [0.717, 1.165) is 38.2 Å². The molecule has 0 bridgehead atoms. The van der Waals surface area contributed by atoms with E-state index in [9.17, 15) is 5.11 Å². The van der Waals surface area contributed by atoms with Crippen molar-refractivity contribution >= 4 is 0 Å². The first-order chi connectivity index (χ1) is 8.66. The molecule has 1 N–H and O–H groups in total. The quantitative estimate of drug-likeness (QED) is 0.879. The van der Waals surface area contributed by atoms with E-state index in [1.54, 1.807) is 0 Å². The Hall–Kier alpha value is -0.900. The van der Waals surface area contributed by atoms with Crippen molar-refractivity contribution in [1.29, 1.82) is 0 Å². The van der Waals surface area contributed by atoms with Crippen molar-refractivity contribution in [3.05, 3.63) is 35.9 Å². The minimum absolute atomic E-state index is 0.335. The van der Waals surface area contributed by atoms with Crippen LogP contribution >= 0.6 is 0 Å². The lowest BCUT2D eigenvalue weighted by Crippen LogP contribution is -2.50. The predicted molar refractivity (Wildman–Crippen MR) is 74.6 cm³/mol. The van der Waals surface area contributed by atoms with E-state index in [2.05, 4.69) is 23.8 Å². The van der Waals surface area contributed by atoms with Crippen LogP contribution in [0.3, 0.4) is 0 Å². The number of aliphatic hydroxyl groups is 1. The highest BCUT2D eigenvalue weighted by Crippen LogP contribution is 2.18. The number of aliphatic hydroxyl groups excluding tert-OH is 1. The predicted octanol–water partition coefficient (Wildman–Crippen LogP) is 1.75. The van der Waals surface area contributed by atoms with Crippen molar-refractivity contribution in [2.45, 2.75) is 25.5 Å². The minimum atomic E-state index is -0.335. The lowest BCUT2D eigenvalue weighted by Gasteiger charge is -2.38. The van der Waals surface area contributed by atoms with E-state index in [1.807, 2.05) is 30.3 Å². The van der Waals surface area contributed by atoms with Crippen LogP contribution in [0.15, 0.2) is 30.3 Å². The van der Waals surface area contributed by atoms with E-state index in [-0.39, 0.29) is 6.10 Å². The van der Waals surface area contributed by atoms with Crippen LogP contribution < -0.4 is 0 Å². The number of hydrogen-bond acceptors (Lipinski definition) is 3. The zero-order chi connectivity index (χ0) is 13.0. The second-order valence-electron chi connectivity index (χ2n) is 5.36. The van der Waals surface area contributed by atoms with E-state index < -0.39 is 0 Å². The zero-order valence-corrected chi connectivity index (χ0v) is 11.4. The Morgan fingerprint density at radius 2 is 2.00 bits per heavy atom. The maximum absolute atomic E-state index is 10.2. The fraction of sp³-hybridized carbons (Fsp3) is 0.600. The average Bonchev–Trinajstić information content (AvgIpc) is 2.38. The van der Waals surface area contributed by atoms with Gasteiger partial charge in [0.2, 0.25) is 0 Å². The monoisotopic (exact) mass is 248 g/mol. The first kappa shape index (κ1) is 13.5. The summed E-state index contributed by atoms with van der Waals surface area (Å²) in [6.07, 6.45) is 0.482. The minimum Gasteiger partial charge on any atom is -0.388 e. The zero-order valence-electron chi connectivity index (χ0n) is 11.4. The van der Waals surface area contributed by atoms with Crippen LogP contribution in [0.5, 0.6) is 0 Å². The molecular weight excluding hydrogens is 224 g/mol. The molecule has 0 aliphatic carbocycles. The van der Waals surface area contributed by atoms with Gasteiger partial charge in [0.15, 0.2) is 0 Å². The van der Waals surface area contributed by atoms with Crippen LogP contribution in [0.4, 0.5) is 0 Å². The van der Waals surface area contributed by atoms with Crippen LogP contribution in [0.1, 0.15) is 25.0 Å². The van der Waals surface area contributed by atoms with E-state index in [1.165, 1.54) is 0 Å². The molecule has 2 atom stereocenters. The summed E-state index contributed by atoms with van der Waals surface area (Å²) in [6.45, 7) is 6.61. The summed E-state index contributed by atoms with van der Waals surface area (Å²) < 4.78 is 0. The second-order valence-corrected chi connectivity index (χ2v) is 5.36. The van der Waals surface area contributed by atoms with Crippen LogP contribution in [0, 0.1) is 0 Å². The highest BCUT2D eigenvalue weighted by atomic mass is 16.3. The van der Waals surface area contributed by atoms with Gasteiger partial charge in [0, 0.05) is 32.2 Å². The first-order valence-electron chi connectivity index (χ1n) is 6.82. The third kappa shape index (κ3) is 3.55. The van der Waals surface area contributed by atoms with Gasteiger partial charge in [-0.15, -0.1) is 0 Å². The normalized spacial score (nSPS) is 24.1. The summed E-state index contributed by atoms with van der Waals surface area (Å²) in [5, 5.41) is 10.2. The number of rotatable bonds is 4. The number of hydrogen-bond donors (Lipinski definition) is 1. The Labute approximate surface area is 110 Å². The maximum atomic E-state index is 10.2. The van der Waals surface area contributed by atoms with Crippen molar-refractivity contribution < 1.29 is 5.11 Å². The largest absolute Gasteiger partial charge is 0.388 e. The highest BCUT2D eigenvalue weighted by molar-refractivity contribution is 5.17.